The van der Waals surface area contributed by atoms with Gasteiger partial charge in [-0.3, -0.25) is 4.79 Å². The van der Waals surface area contributed by atoms with E-state index in [0.29, 0.717) is 5.69 Å². The summed E-state index contributed by atoms with van der Waals surface area (Å²) in [5.74, 6) is -2.53. The number of carbonyl (C=O) groups excluding carboxylic acids is 1. The highest BCUT2D eigenvalue weighted by Gasteiger charge is 2.42. The van der Waals surface area contributed by atoms with Gasteiger partial charge in [-0.1, -0.05) is 5.21 Å². The van der Waals surface area contributed by atoms with Crippen LogP contribution in [0.15, 0.2) is 46.5 Å². The maximum absolute atomic E-state index is 14.4. The quantitative estimate of drug-likeness (QED) is 0.349. The van der Waals surface area contributed by atoms with Gasteiger partial charge in [-0.15, -0.1) is 16.4 Å². The molecule has 0 radical (unpaired) electrons. The molecule has 4 atom stereocenters. The van der Waals surface area contributed by atoms with Crippen molar-refractivity contribution >= 4 is 49.1 Å². The molecule has 0 unspecified atom stereocenters. The van der Waals surface area contributed by atoms with Crippen LogP contribution < -0.4 is 4.90 Å². The molecule has 36 heavy (non-hydrogen) atoms. The lowest BCUT2D eigenvalue weighted by molar-refractivity contribution is -0.169. The topological polar surface area (TPSA) is 114 Å². The first-order valence-corrected chi connectivity index (χ1v) is 12.6. The number of aromatic nitrogens is 4. The highest BCUT2D eigenvalue weighted by molar-refractivity contribution is 9.10. The molecule has 0 aliphatic carbocycles. The fourth-order valence-electron chi connectivity index (χ4n) is 4.21. The highest BCUT2D eigenvalue weighted by atomic mass is 79.9. The van der Waals surface area contributed by atoms with Gasteiger partial charge in [-0.2, -0.15) is 0 Å². The summed E-state index contributed by atoms with van der Waals surface area (Å²) in [6, 6.07) is 7.33. The molecule has 1 saturated heterocycles. The van der Waals surface area contributed by atoms with Gasteiger partial charge >= 0.3 is 0 Å². The highest BCUT2D eigenvalue weighted by Crippen LogP contribution is 2.33. The van der Waals surface area contributed by atoms with Crippen LogP contribution >= 0.6 is 27.3 Å². The Morgan fingerprint density at radius 2 is 2.11 bits per heavy atom. The first-order valence-electron chi connectivity index (χ1n) is 10.9. The third-order valence-corrected chi connectivity index (χ3v) is 7.62. The third kappa shape index (κ3) is 4.41. The lowest BCUT2D eigenvalue weighted by Crippen LogP contribution is -2.52. The summed E-state index contributed by atoms with van der Waals surface area (Å²) in [4.78, 5) is 19.0. The van der Waals surface area contributed by atoms with Crippen molar-refractivity contribution in [2.24, 2.45) is 0 Å². The Hall–Kier alpha value is -2.84. The van der Waals surface area contributed by atoms with E-state index in [-0.39, 0.29) is 28.1 Å². The number of hydrogen-bond acceptors (Lipinski definition) is 8. The number of halogens is 3. The number of benzene rings is 2. The number of aliphatic hydroxyl groups excluding tert-OH is 2. The summed E-state index contributed by atoms with van der Waals surface area (Å²) in [5, 5.41) is 28.5. The fourth-order valence-corrected chi connectivity index (χ4v) is 5.23. The van der Waals surface area contributed by atoms with Gasteiger partial charge in [0.1, 0.15) is 24.0 Å². The predicted octanol–water partition coefficient (Wildman–Crippen LogP) is 3.31. The lowest BCUT2D eigenvalue weighted by Gasteiger charge is -2.39. The molecule has 1 aliphatic heterocycles. The smallest absolute Gasteiger partial charge is 0.255 e. The van der Waals surface area contributed by atoms with Crippen LogP contribution in [0, 0.1) is 11.6 Å². The molecule has 9 nitrogen and oxygen atoms in total. The molecule has 4 aromatic rings. The molecule has 2 aromatic heterocycles. The average molecular weight is 580 g/mol. The number of amides is 1. The van der Waals surface area contributed by atoms with E-state index in [1.54, 1.807) is 18.6 Å². The summed E-state index contributed by atoms with van der Waals surface area (Å²) < 4.78 is 36.4. The van der Waals surface area contributed by atoms with Crippen LogP contribution in [-0.2, 0) is 9.53 Å². The minimum absolute atomic E-state index is 0.0175. The first kappa shape index (κ1) is 24.8. The number of carbonyl (C=O) groups is 1. The van der Waals surface area contributed by atoms with Gasteiger partial charge in [0.25, 0.3) is 5.91 Å². The molecule has 1 aliphatic rings. The van der Waals surface area contributed by atoms with Gasteiger partial charge in [-0.25, -0.2) is 18.4 Å². The van der Waals surface area contributed by atoms with E-state index in [2.05, 4.69) is 31.2 Å². The van der Waals surface area contributed by atoms with Gasteiger partial charge in [0, 0.05) is 24.7 Å². The molecule has 2 aromatic carbocycles. The summed E-state index contributed by atoms with van der Waals surface area (Å²) in [6.45, 7) is -0.536. The number of aliphatic hydroxyl groups is 2. The first-order chi connectivity index (χ1) is 17.3. The second kappa shape index (κ2) is 9.90. The van der Waals surface area contributed by atoms with Crippen molar-refractivity contribution in [3.8, 4) is 11.3 Å². The zero-order valence-electron chi connectivity index (χ0n) is 18.8. The van der Waals surface area contributed by atoms with Crippen molar-refractivity contribution in [3.05, 3.63) is 58.1 Å². The Morgan fingerprint density at radius 1 is 1.31 bits per heavy atom. The van der Waals surface area contributed by atoms with E-state index in [9.17, 15) is 23.8 Å². The Bertz CT molecular complexity index is 1430. The minimum Gasteiger partial charge on any atom is -0.394 e. The molecular formula is C23H20BrF2N5O4S. The molecule has 0 saturated carbocycles. The Morgan fingerprint density at radius 3 is 2.89 bits per heavy atom. The minimum atomic E-state index is -1.22. The standard InChI is InChI=1S/C23H20BrF2N5O4S/c1-30(11-2-5-14-19(6-11)36-10-27-14)23(34)17-7-16(22(33)18(9-32)35-17)31-8-15(28-29-31)12-3-4-13(24)21(26)20(12)25/h2-6,8,10,16-18,22,32-33H,7,9H2,1H3/t16-,17-,18-,22-/m1/s1. The predicted molar refractivity (Wildman–Crippen MR) is 132 cm³/mol. The Balaban J connectivity index is 1.41. The van der Waals surface area contributed by atoms with Crippen molar-refractivity contribution in [1.29, 1.82) is 0 Å². The van der Waals surface area contributed by atoms with Gasteiger partial charge in [0.15, 0.2) is 11.6 Å². The van der Waals surface area contributed by atoms with E-state index < -0.39 is 42.6 Å². The SMILES string of the molecule is CN(C(=O)[C@H]1C[C@@H](n2cc(-c3ccc(Br)c(F)c3F)nn2)[C@@H](O)[C@@H](CO)O1)c1ccc2ncsc2c1. The Kier molecular flexibility index (Phi) is 6.83. The van der Waals surface area contributed by atoms with E-state index >= 15 is 0 Å². The molecule has 188 valence electrons. The van der Waals surface area contributed by atoms with Crippen LogP contribution in [0.5, 0.6) is 0 Å². The second-order valence-corrected chi connectivity index (χ2v) is 10.1. The normalized spacial score (nSPS) is 22.2. The number of fused-ring (bicyclic) bond motifs is 1. The van der Waals surface area contributed by atoms with Crippen LogP contribution in [0.25, 0.3) is 21.5 Å². The molecule has 3 heterocycles. The van der Waals surface area contributed by atoms with Crippen molar-refractivity contribution in [1.82, 2.24) is 20.0 Å². The molecule has 1 fully saturated rings. The number of likely N-dealkylation sites (N-methyl/N-ethyl adjacent to an activating group) is 1. The summed E-state index contributed by atoms with van der Waals surface area (Å²) in [6.07, 6.45) is -1.91. The maximum atomic E-state index is 14.4. The number of nitrogens with zero attached hydrogens (tertiary/aromatic N) is 5. The van der Waals surface area contributed by atoms with Crippen molar-refractivity contribution in [3.63, 3.8) is 0 Å². The molecule has 13 heteroatoms. The zero-order chi connectivity index (χ0) is 25.6. The summed E-state index contributed by atoms with van der Waals surface area (Å²) in [7, 11) is 1.61. The molecule has 1 amide bonds. The number of rotatable bonds is 5. The maximum Gasteiger partial charge on any atom is 0.255 e. The van der Waals surface area contributed by atoms with E-state index in [1.165, 1.54) is 39.2 Å². The van der Waals surface area contributed by atoms with Gasteiger partial charge in [0.05, 0.1) is 39.0 Å². The number of ether oxygens (including phenoxy) is 1. The molecule has 2 N–H and O–H groups in total. The lowest BCUT2D eigenvalue weighted by atomic mass is 9.94. The number of anilines is 1. The average Bonchev–Trinajstić information content (AvgIpc) is 3.56. The molecule has 0 spiro atoms. The van der Waals surface area contributed by atoms with Crippen LogP contribution in [0.1, 0.15) is 12.5 Å². The molecule has 0 bridgehead atoms. The summed E-state index contributed by atoms with van der Waals surface area (Å²) >= 11 is 4.39. The Labute approximate surface area is 216 Å². The van der Waals surface area contributed by atoms with Crippen molar-refractivity contribution < 1.29 is 28.5 Å². The second-order valence-electron chi connectivity index (χ2n) is 8.35. The van der Waals surface area contributed by atoms with Crippen LogP contribution in [0.4, 0.5) is 14.5 Å². The number of hydrogen-bond donors (Lipinski definition) is 2. The molecular weight excluding hydrogens is 560 g/mol. The zero-order valence-corrected chi connectivity index (χ0v) is 21.2. The number of thiazole rings is 1. The van der Waals surface area contributed by atoms with Crippen LogP contribution in [-0.4, -0.2) is 68.1 Å². The monoisotopic (exact) mass is 579 g/mol. The third-order valence-electron chi connectivity index (χ3n) is 6.22. The molecule has 5 rings (SSSR count). The van der Waals surface area contributed by atoms with Gasteiger partial charge in [0.2, 0.25) is 0 Å². The summed E-state index contributed by atoms with van der Waals surface area (Å²) in [5.41, 5.74) is 3.13. The van der Waals surface area contributed by atoms with E-state index in [0.717, 1.165) is 10.2 Å². The van der Waals surface area contributed by atoms with Crippen molar-refractivity contribution in [2.45, 2.75) is 30.8 Å². The van der Waals surface area contributed by atoms with Gasteiger partial charge in [-0.05, 0) is 46.3 Å². The van der Waals surface area contributed by atoms with Crippen LogP contribution in [0.3, 0.4) is 0 Å². The van der Waals surface area contributed by atoms with Crippen LogP contribution in [0.2, 0.25) is 0 Å². The fraction of sp³-hybridized carbons (Fsp3) is 0.304. The van der Waals surface area contributed by atoms with Gasteiger partial charge < -0.3 is 19.8 Å². The van der Waals surface area contributed by atoms with E-state index in [1.807, 2.05) is 12.1 Å². The van der Waals surface area contributed by atoms with E-state index in [4.69, 9.17) is 4.74 Å². The van der Waals surface area contributed by atoms with Crippen molar-refractivity contribution in [2.75, 3.05) is 18.6 Å². The largest absolute Gasteiger partial charge is 0.394 e.